The monoisotopic (exact) mass is 839 g/mol. The third kappa shape index (κ3) is 5.20. The molecule has 3 nitrogen and oxygen atoms in total. The maximum absolute atomic E-state index is 2.71. The number of aryl methyl sites for hydroxylation is 2. The van der Waals surface area contributed by atoms with Gasteiger partial charge in [-0.1, -0.05) is 144 Å². The number of benzene rings is 8. The van der Waals surface area contributed by atoms with Crippen LogP contribution in [-0.4, -0.2) is 11.4 Å². The largest absolute Gasteiger partial charge is 0.376 e. The number of hydrogen-bond donors (Lipinski definition) is 0. The van der Waals surface area contributed by atoms with Crippen LogP contribution in [0.1, 0.15) is 87.8 Å². The van der Waals surface area contributed by atoms with Gasteiger partial charge in [0.05, 0.1) is 16.7 Å². The number of rotatable bonds is 4. The van der Waals surface area contributed by atoms with E-state index in [0.717, 1.165) is 17.8 Å². The zero-order chi connectivity index (χ0) is 44.3. The van der Waals surface area contributed by atoms with Crippen molar-refractivity contribution < 1.29 is 0 Å². The van der Waals surface area contributed by atoms with Crippen LogP contribution in [0.4, 0.5) is 28.4 Å². The molecule has 0 fully saturated rings. The van der Waals surface area contributed by atoms with Crippen molar-refractivity contribution in [3.05, 3.63) is 191 Å². The summed E-state index contributed by atoms with van der Waals surface area (Å²) in [6.07, 6.45) is 2.33. The summed E-state index contributed by atoms with van der Waals surface area (Å²) in [6, 6.07) is 60.5. The van der Waals surface area contributed by atoms with Crippen LogP contribution in [0.15, 0.2) is 158 Å². The van der Waals surface area contributed by atoms with Crippen molar-refractivity contribution in [3.8, 4) is 27.9 Å². The van der Waals surface area contributed by atoms with E-state index in [1.165, 1.54) is 118 Å². The Kier molecular flexibility index (Phi) is 7.83. The van der Waals surface area contributed by atoms with E-state index in [-0.39, 0.29) is 23.1 Å². The van der Waals surface area contributed by atoms with Crippen LogP contribution in [0, 0.1) is 13.8 Å². The molecule has 0 saturated carbocycles. The topological polar surface area (TPSA) is 11.4 Å². The van der Waals surface area contributed by atoms with Gasteiger partial charge in [-0.15, -0.1) is 0 Å². The van der Waals surface area contributed by atoms with Crippen LogP contribution in [0.2, 0.25) is 0 Å². The molecular weight excluding hydrogens is 786 g/mol. The quantitative estimate of drug-likeness (QED) is 0.164. The van der Waals surface area contributed by atoms with Crippen molar-refractivity contribution >= 4 is 68.0 Å². The Morgan fingerprint density at radius 3 is 1.85 bits per heavy atom. The minimum atomic E-state index is -0.241. The highest BCUT2D eigenvalue weighted by atomic mass is 15.2. The molecular formula is C61H54BN3. The van der Waals surface area contributed by atoms with Gasteiger partial charge < -0.3 is 14.3 Å². The van der Waals surface area contributed by atoms with Crippen LogP contribution in [0.3, 0.4) is 0 Å². The lowest BCUT2D eigenvalue weighted by atomic mass is 9.43. The van der Waals surface area contributed by atoms with Gasteiger partial charge >= 0.3 is 6.85 Å². The summed E-state index contributed by atoms with van der Waals surface area (Å²) in [5.74, 6) is 0. The van der Waals surface area contributed by atoms with Crippen molar-refractivity contribution in [1.82, 2.24) is 4.57 Å². The van der Waals surface area contributed by atoms with Crippen molar-refractivity contribution in [2.24, 2.45) is 0 Å². The van der Waals surface area contributed by atoms with E-state index < -0.39 is 0 Å². The van der Waals surface area contributed by atoms with Gasteiger partial charge in [0.15, 0.2) is 0 Å². The molecule has 0 atom stereocenters. The van der Waals surface area contributed by atoms with Crippen molar-refractivity contribution in [2.45, 2.75) is 84.5 Å². The predicted molar refractivity (Wildman–Crippen MR) is 277 cm³/mol. The van der Waals surface area contributed by atoms with E-state index >= 15 is 0 Å². The number of fused-ring (bicyclic) bond motifs is 13. The SMILES string of the molecule is Cc1ccc(N2B3c4cc(C)ccc4-n4c5cc6c(cc5c5c(N(c7ccccc7)c7ccccc7)cc(c3c54)-c3c2ccc2c3C(C)(C)c3ccccc3-2)C(C)(C)CCC6(C)C)cc1. The van der Waals surface area contributed by atoms with Gasteiger partial charge in [-0.05, 0) is 154 Å². The number of hydrogen-bond acceptors (Lipinski definition) is 2. The highest BCUT2D eigenvalue weighted by Crippen LogP contribution is 2.59. The first-order valence-electron chi connectivity index (χ1n) is 23.7. The fourth-order valence-corrected chi connectivity index (χ4v) is 12.8. The smallest absolute Gasteiger partial charge is 0.333 e. The van der Waals surface area contributed by atoms with Gasteiger partial charge in [-0.3, -0.25) is 0 Å². The molecule has 2 aliphatic carbocycles. The first-order chi connectivity index (χ1) is 31.3. The number of nitrogens with zero attached hydrogens (tertiary/aromatic N) is 3. The maximum atomic E-state index is 2.71. The molecule has 0 spiro atoms. The predicted octanol–water partition coefficient (Wildman–Crippen LogP) is 14.8. The summed E-state index contributed by atoms with van der Waals surface area (Å²) < 4.78 is 2.70. The van der Waals surface area contributed by atoms with Gasteiger partial charge in [-0.2, -0.15) is 0 Å². The molecule has 0 N–H and O–H groups in total. The van der Waals surface area contributed by atoms with E-state index in [4.69, 9.17) is 0 Å². The van der Waals surface area contributed by atoms with E-state index in [2.05, 4.69) is 227 Å². The Balaban J connectivity index is 1.29. The molecule has 8 aromatic carbocycles. The molecule has 316 valence electrons. The lowest BCUT2D eigenvalue weighted by Gasteiger charge is -2.44. The molecule has 65 heavy (non-hydrogen) atoms. The fourth-order valence-electron chi connectivity index (χ4n) is 12.8. The normalized spacial score (nSPS) is 16.5. The van der Waals surface area contributed by atoms with Crippen molar-refractivity contribution in [1.29, 1.82) is 0 Å². The Hall–Kier alpha value is -6.78. The van der Waals surface area contributed by atoms with Crippen molar-refractivity contribution in [2.75, 3.05) is 9.71 Å². The molecule has 9 aromatic rings. The van der Waals surface area contributed by atoms with E-state index in [0.29, 0.717) is 0 Å². The number of aromatic nitrogens is 1. The molecule has 3 heterocycles. The van der Waals surface area contributed by atoms with E-state index in [1.54, 1.807) is 0 Å². The number of anilines is 5. The summed E-state index contributed by atoms with van der Waals surface area (Å²) in [6.45, 7) is 19.2. The zero-order valence-corrected chi connectivity index (χ0v) is 38.8. The van der Waals surface area contributed by atoms with Crippen molar-refractivity contribution in [3.63, 3.8) is 0 Å². The van der Waals surface area contributed by atoms with Crippen LogP contribution in [0.25, 0.3) is 49.7 Å². The third-order valence-corrected chi connectivity index (χ3v) is 16.1. The summed E-state index contributed by atoms with van der Waals surface area (Å²) in [5.41, 5.74) is 26.1. The second kappa shape index (κ2) is 13.2. The average Bonchev–Trinajstić information content (AvgIpc) is 3.77. The fraction of sp³-hybridized carbons (Fsp3) is 0.213. The molecule has 1 aromatic heterocycles. The third-order valence-electron chi connectivity index (χ3n) is 16.1. The van der Waals surface area contributed by atoms with Gasteiger partial charge in [0, 0.05) is 50.2 Å². The Morgan fingerprint density at radius 1 is 0.538 bits per heavy atom. The van der Waals surface area contributed by atoms with Gasteiger partial charge in [0.1, 0.15) is 0 Å². The van der Waals surface area contributed by atoms with E-state index in [9.17, 15) is 0 Å². The lowest BCUT2D eigenvalue weighted by Crippen LogP contribution is -2.60. The Morgan fingerprint density at radius 2 is 1.15 bits per heavy atom. The first kappa shape index (κ1) is 38.7. The lowest BCUT2D eigenvalue weighted by molar-refractivity contribution is 0.332. The molecule has 0 saturated heterocycles. The van der Waals surface area contributed by atoms with E-state index in [1.807, 2.05) is 0 Å². The van der Waals surface area contributed by atoms with Gasteiger partial charge in [-0.25, -0.2) is 0 Å². The summed E-state index contributed by atoms with van der Waals surface area (Å²) in [4.78, 5) is 5.25. The highest BCUT2D eigenvalue weighted by Gasteiger charge is 2.49. The maximum Gasteiger partial charge on any atom is 0.333 e. The zero-order valence-electron chi connectivity index (χ0n) is 38.8. The minimum Gasteiger partial charge on any atom is -0.376 e. The molecule has 4 aliphatic rings. The standard InChI is InChI=1S/C61H54BN3/c1-37-23-26-41(27-24-37)65-51-30-28-43-42-21-15-16-22-46(42)61(7,8)56(43)54(51)45-35-53(63(39-17-11-9-12-18-39)40-19-13-10-14-20-40)55-44-34-47-48(60(5,6)32-31-59(47,3)4)36-52(44)64-50-29-25-38(2)33-49(50)62(65)57(45)58(55)64/h9-30,33-36H,31-32H2,1-8H3. The molecule has 0 unspecified atom stereocenters. The average molecular weight is 840 g/mol. The Bertz CT molecular complexity index is 3440. The van der Waals surface area contributed by atoms with Gasteiger partial charge in [0.25, 0.3) is 0 Å². The number of para-hydroxylation sites is 2. The molecule has 0 amide bonds. The summed E-state index contributed by atoms with van der Waals surface area (Å²) >= 11 is 0. The molecule has 4 heteroatoms. The summed E-state index contributed by atoms with van der Waals surface area (Å²) in [5, 5.41) is 2.64. The first-order valence-corrected chi connectivity index (χ1v) is 23.7. The Labute approximate surface area is 384 Å². The van der Waals surface area contributed by atoms with Crippen LogP contribution in [-0.2, 0) is 16.2 Å². The van der Waals surface area contributed by atoms with Crippen LogP contribution < -0.4 is 20.6 Å². The molecule has 13 rings (SSSR count). The van der Waals surface area contributed by atoms with Crippen LogP contribution >= 0.6 is 0 Å². The second-order valence-corrected chi connectivity index (χ2v) is 21.3. The molecule has 0 radical (unpaired) electrons. The molecule has 0 bridgehead atoms. The molecule has 2 aliphatic heterocycles. The summed E-state index contributed by atoms with van der Waals surface area (Å²) in [7, 11) is 0. The minimum absolute atomic E-state index is 0.0421. The highest BCUT2D eigenvalue weighted by molar-refractivity contribution is 6.93. The van der Waals surface area contributed by atoms with Crippen LogP contribution in [0.5, 0.6) is 0 Å². The van der Waals surface area contributed by atoms with Gasteiger partial charge in [0.2, 0.25) is 0 Å². The second-order valence-electron chi connectivity index (χ2n) is 21.3.